The van der Waals surface area contributed by atoms with Crippen LogP contribution in [0.25, 0.3) is 22.4 Å². The molecule has 0 atom stereocenters. The van der Waals surface area contributed by atoms with Crippen LogP contribution in [0.15, 0.2) is 27.5 Å². The maximum Gasteiger partial charge on any atom is 0.417 e. The van der Waals surface area contributed by atoms with Crippen LogP contribution in [0.4, 0.5) is 8.78 Å². The predicted molar refractivity (Wildman–Crippen MR) is 74.5 cm³/mol. The van der Waals surface area contributed by atoms with E-state index >= 15 is 0 Å². The number of halogens is 4. The van der Waals surface area contributed by atoms with Crippen LogP contribution >= 0.6 is 23.2 Å². The fourth-order valence-corrected chi connectivity index (χ4v) is 2.23. The zero-order valence-electron chi connectivity index (χ0n) is 10.4. The van der Waals surface area contributed by atoms with Gasteiger partial charge in [-0.05, 0) is 12.1 Å². The highest BCUT2D eigenvalue weighted by molar-refractivity contribution is 6.35. The summed E-state index contributed by atoms with van der Waals surface area (Å²) >= 11 is 11.7. The molecule has 0 radical (unpaired) electrons. The number of hydrogen-bond acceptors (Lipinski definition) is 5. The third-order valence-corrected chi connectivity index (χ3v) is 3.27. The van der Waals surface area contributed by atoms with Gasteiger partial charge >= 0.3 is 12.4 Å². The van der Waals surface area contributed by atoms with Crippen molar-refractivity contribution in [1.29, 1.82) is 0 Å². The Morgan fingerprint density at radius 3 is 2.77 bits per heavy atom. The lowest BCUT2D eigenvalue weighted by atomic mass is 10.1. The summed E-state index contributed by atoms with van der Waals surface area (Å²) in [6.07, 6.45) is 1.17. The van der Waals surface area contributed by atoms with Crippen LogP contribution in [0.1, 0.15) is 0 Å². The van der Waals surface area contributed by atoms with Crippen molar-refractivity contribution < 1.29 is 17.9 Å². The van der Waals surface area contributed by atoms with Gasteiger partial charge in [-0.3, -0.25) is 4.98 Å². The molecule has 0 fully saturated rings. The topological polar surface area (TPSA) is 81.0 Å². The molecule has 1 aromatic carbocycles. The summed E-state index contributed by atoms with van der Waals surface area (Å²) in [6.45, 7) is -3.07. The lowest BCUT2D eigenvalue weighted by Crippen LogP contribution is -2.05. The second kappa shape index (κ2) is 5.54. The molecule has 22 heavy (non-hydrogen) atoms. The van der Waals surface area contributed by atoms with E-state index in [2.05, 4.69) is 19.7 Å². The van der Waals surface area contributed by atoms with E-state index in [0.29, 0.717) is 5.56 Å². The molecule has 0 bridgehead atoms. The van der Waals surface area contributed by atoms with Gasteiger partial charge in [0.2, 0.25) is 0 Å². The van der Waals surface area contributed by atoms with Crippen LogP contribution < -0.4 is 10.5 Å². The smallest absolute Gasteiger partial charge is 0.414 e. The molecular weight excluding hydrogens is 343 g/mol. The molecule has 2 aromatic heterocycles. The van der Waals surface area contributed by atoms with E-state index in [1.54, 1.807) is 0 Å². The van der Waals surface area contributed by atoms with Crippen LogP contribution in [-0.2, 0) is 0 Å². The lowest BCUT2D eigenvalue weighted by Gasteiger charge is -2.07. The largest absolute Gasteiger partial charge is 0.417 e. The summed E-state index contributed by atoms with van der Waals surface area (Å²) in [5.41, 5.74) is 1.02. The number of oxazole rings is 1. The highest BCUT2D eigenvalue weighted by Gasteiger charge is 2.17. The average Bonchev–Trinajstić information content (AvgIpc) is 2.84. The van der Waals surface area contributed by atoms with Gasteiger partial charge in [-0.1, -0.05) is 23.2 Å². The predicted octanol–water partition coefficient (Wildman–Crippen LogP) is 3.49. The van der Waals surface area contributed by atoms with E-state index in [0.717, 1.165) is 0 Å². The van der Waals surface area contributed by atoms with E-state index in [-0.39, 0.29) is 27.0 Å². The van der Waals surface area contributed by atoms with Crippen LogP contribution in [0.5, 0.6) is 5.88 Å². The van der Waals surface area contributed by atoms with Gasteiger partial charge in [0.05, 0.1) is 16.9 Å². The lowest BCUT2D eigenvalue weighted by molar-refractivity contribution is -0.0530. The number of rotatable bonds is 3. The first-order chi connectivity index (χ1) is 10.5. The minimum absolute atomic E-state index is 0.158. The van der Waals surface area contributed by atoms with E-state index in [9.17, 15) is 13.6 Å². The molecule has 0 aliphatic rings. The molecule has 0 amide bonds. The number of benzene rings is 1. The highest BCUT2D eigenvalue weighted by atomic mass is 35.5. The monoisotopic (exact) mass is 347 g/mol. The quantitative estimate of drug-likeness (QED) is 0.784. The number of hydrogen-bond donors (Lipinski definition) is 1. The van der Waals surface area contributed by atoms with E-state index < -0.39 is 18.2 Å². The van der Waals surface area contributed by atoms with Crippen LogP contribution in [0.2, 0.25) is 10.2 Å². The van der Waals surface area contributed by atoms with Crippen molar-refractivity contribution >= 4 is 34.3 Å². The summed E-state index contributed by atoms with van der Waals surface area (Å²) < 4.78 is 33.4. The van der Waals surface area contributed by atoms with Gasteiger partial charge in [0, 0.05) is 5.56 Å². The van der Waals surface area contributed by atoms with Gasteiger partial charge in [0.1, 0.15) is 5.52 Å². The van der Waals surface area contributed by atoms with Crippen molar-refractivity contribution in [2.75, 3.05) is 0 Å². The minimum atomic E-state index is -3.07. The Kier molecular flexibility index (Phi) is 3.71. The van der Waals surface area contributed by atoms with Crippen LogP contribution in [0, 0.1) is 0 Å². The van der Waals surface area contributed by atoms with Gasteiger partial charge in [0.15, 0.2) is 10.7 Å². The fraction of sp³-hybridized carbons (Fsp3) is 0.0833. The Balaban J connectivity index is 2.14. The van der Waals surface area contributed by atoms with Gasteiger partial charge in [0.25, 0.3) is 5.88 Å². The van der Waals surface area contributed by atoms with E-state index in [1.165, 1.54) is 18.3 Å². The molecule has 3 rings (SSSR count). The zero-order chi connectivity index (χ0) is 15.9. The van der Waals surface area contributed by atoms with Gasteiger partial charge < -0.3 is 9.15 Å². The number of alkyl halides is 2. The third-order valence-electron chi connectivity index (χ3n) is 2.70. The van der Waals surface area contributed by atoms with Crippen molar-refractivity contribution in [3.63, 3.8) is 0 Å². The molecule has 0 saturated heterocycles. The first kappa shape index (κ1) is 14.7. The molecule has 0 aliphatic heterocycles. The average molecular weight is 348 g/mol. The number of aromatic nitrogens is 3. The number of nitrogens with zero attached hydrogens (tertiary/aromatic N) is 2. The number of fused-ring (bicyclic) bond motifs is 1. The second-order valence-corrected chi connectivity index (χ2v) is 4.81. The number of nitrogens with one attached hydrogen (secondary N) is 1. The number of aromatic amines is 1. The van der Waals surface area contributed by atoms with Crippen molar-refractivity contribution in [1.82, 2.24) is 15.0 Å². The van der Waals surface area contributed by atoms with Crippen molar-refractivity contribution in [2.45, 2.75) is 6.61 Å². The van der Waals surface area contributed by atoms with Gasteiger partial charge in [-0.2, -0.15) is 8.78 Å². The minimum Gasteiger partial charge on any atom is -0.414 e. The highest BCUT2D eigenvalue weighted by Crippen LogP contribution is 2.32. The fourth-order valence-electron chi connectivity index (χ4n) is 1.85. The Labute approximate surface area is 130 Å². The molecule has 0 aliphatic carbocycles. The summed E-state index contributed by atoms with van der Waals surface area (Å²) in [6, 6.07) is 3.05. The molecular formula is C12H5Cl2F2N3O3. The third kappa shape index (κ3) is 2.62. The molecule has 10 heteroatoms. The maximum absolute atomic E-state index is 12.2. The maximum atomic E-state index is 12.2. The zero-order valence-corrected chi connectivity index (χ0v) is 12.0. The molecule has 0 saturated carbocycles. The summed E-state index contributed by atoms with van der Waals surface area (Å²) in [5.74, 6) is -1.19. The molecule has 1 N–H and O–H groups in total. The first-order valence-electron chi connectivity index (χ1n) is 5.74. The Bertz CT molecular complexity index is 910. The number of H-pyrrole nitrogens is 1. The summed E-state index contributed by atoms with van der Waals surface area (Å²) in [5, 5.41) is -0.0694. The molecule has 0 unspecified atom stereocenters. The van der Waals surface area contributed by atoms with E-state index in [4.69, 9.17) is 27.6 Å². The second-order valence-electron chi connectivity index (χ2n) is 4.04. The van der Waals surface area contributed by atoms with Crippen LogP contribution in [-0.4, -0.2) is 21.6 Å². The van der Waals surface area contributed by atoms with Crippen molar-refractivity contribution in [3.8, 4) is 17.1 Å². The Morgan fingerprint density at radius 2 is 2.09 bits per heavy atom. The normalized spacial score (nSPS) is 11.3. The molecule has 2 heterocycles. The van der Waals surface area contributed by atoms with Gasteiger partial charge in [-0.25, -0.2) is 14.8 Å². The molecule has 3 aromatic rings. The Hall–Kier alpha value is -2.19. The summed E-state index contributed by atoms with van der Waals surface area (Å²) in [7, 11) is 0. The molecule has 114 valence electrons. The Morgan fingerprint density at radius 1 is 1.32 bits per heavy atom. The molecule has 6 nitrogen and oxygen atoms in total. The van der Waals surface area contributed by atoms with E-state index in [1.807, 2.05) is 0 Å². The summed E-state index contributed by atoms with van der Waals surface area (Å²) in [4.78, 5) is 21.3. The van der Waals surface area contributed by atoms with Crippen molar-refractivity contribution in [2.24, 2.45) is 0 Å². The van der Waals surface area contributed by atoms with Crippen LogP contribution in [0.3, 0.4) is 0 Å². The standard InChI is InChI=1S/C12H5Cl2F2N3O3/c13-5-2-1-4(8-7(5)19-12(20)21-8)6-3-17-10(9(14)18-6)22-11(15)16/h1-3,11H,(H,19,20). The number of ether oxygens (including phenoxy) is 1. The van der Waals surface area contributed by atoms with Gasteiger partial charge in [-0.15, -0.1) is 0 Å². The SMILES string of the molecule is O=c1[nH]c2c(Cl)ccc(-c3cnc(OC(F)F)c(Cl)n3)c2o1. The first-order valence-corrected chi connectivity index (χ1v) is 6.50. The van der Waals surface area contributed by atoms with Crippen molar-refractivity contribution in [3.05, 3.63) is 39.1 Å². The molecule has 0 spiro atoms.